The van der Waals surface area contributed by atoms with Crippen molar-refractivity contribution in [2.45, 2.75) is 0 Å². The van der Waals surface area contributed by atoms with Crippen molar-refractivity contribution >= 4 is 5.97 Å². The minimum atomic E-state index is -0.297. The Morgan fingerprint density at radius 3 is 1.71 bits per heavy atom. The van der Waals surface area contributed by atoms with Crippen LogP contribution < -0.4 is 4.74 Å². The Balaban J connectivity index is 0.000000186. The third-order valence-corrected chi connectivity index (χ3v) is 3.17. The molecular weight excluding hydrogens is 260 g/mol. The summed E-state index contributed by atoms with van der Waals surface area (Å²) in [6, 6.07) is 26.8. The van der Waals surface area contributed by atoms with Gasteiger partial charge in [0.05, 0.1) is 5.56 Å². The van der Waals surface area contributed by atoms with E-state index in [-0.39, 0.29) is 5.97 Å². The third-order valence-electron chi connectivity index (χ3n) is 3.17. The fourth-order valence-corrected chi connectivity index (χ4v) is 1.96. The van der Waals surface area contributed by atoms with Gasteiger partial charge in [-0.2, -0.15) is 0 Å². The van der Waals surface area contributed by atoms with E-state index < -0.39 is 0 Å². The lowest BCUT2D eigenvalue weighted by molar-refractivity contribution is 0.0734. The van der Waals surface area contributed by atoms with Crippen LogP contribution in [0.15, 0.2) is 84.9 Å². The van der Waals surface area contributed by atoms with Gasteiger partial charge in [0.15, 0.2) is 0 Å². The van der Waals surface area contributed by atoms with E-state index in [1.807, 2.05) is 72.8 Å². The molecule has 0 aromatic heterocycles. The Kier molecular flexibility index (Phi) is 3.79. The zero-order valence-corrected chi connectivity index (χ0v) is 11.4. The summed E-state index contributed by atoms with van der Waals surface area (Å²) in [7, 11) is 0. The summed E-state index contributed by atoms with van der Waals surface area (Å²) in [5, 5.41) is 0. The molecule has 0 atom stereocenters. The molecule has 0 fully saturated rings. The molecule has 0 unspecified atom stereocenters. The van der Waals surface area contributed by atoms with Crippen molar-refractivity contribution in [2.75, 3.05) is 0 Å². The maximum absolute atomic E-state index is 11.6. The number of rotatable bonds is 2. The maximum Gasteiger partial charge on any atom is 0.343 e. The Morgan fingerprint density at radius 1 is 0.714 bits per heavy atom. The van der Waals surface area contributed by atoms with Crippen LogP contribution in [0.3, 0.4) is 0 Å². The highest BCUT2D eigenvalue weighted by Gasteiger charge is 2.20. The summed E-state index contributed by atoms with van der Waals surface area (Å²) >= 11 is 0. The van der Waals surface area contributed by atoms with Crippen molar-refractivity contribution in [2.24, 2.45) is 0 Å². The first kappa shape index (κ1) is 13.1. The molecule has 2 heteroatoms. The van der Waals surface area contributed by atoms with Gasteiger partial charge >= 0.3 is 5.97 Å². The number of ether oxygens (including phenoxy) is 1. The zero-order chi connectivity index (χ0) is 14.5. The van der Waals surface area contributed by atoms with E-state index in [0.717, 1.165) is 5.56 Å². The molecule has 2 aromatic rings. The summed E-state index contributed by atoms with van der Waals surface area (Å²) in [5.74, 6) is 0.384. The molecule has 4 rings (SSSR count). The monoisotopic (exact) mass is 274 g/mol. The van der Waals surface area contributed by atoms with E-state index >= 15 is 0 Å². The SMILES string of the molecule is O=C(Oc1cc2ccc1-2)c1ccccc1.c1ccccc1. The Hall–Kier alpha value is -2.87. The van der Waals surface area contributed by atoms with Crippen molar-refractivity contribution in [3.63, 3.8) is 0 Å². The number of hydrogen-bond acceptors (Lipinski definition) is 2. The molecule has 0 aliphatic heterocycles. The molecule has 21 heavy (non-hydrogen) atoms. The quantitative estimate of drug-likeness (QED) is 0.395. The number of benzene rings is 3. The highest BCUT2D eigenvalue weighted by atomic mass is 16.5. The summed E-state index contributed by atoms with van der Waals surface area (Å²) in [5.41, 5.74) is 2.81. The molecule has 0 heterocycles. The predicted octanol–water partition coefficient (Wildman–Crippen LogP) is 4.57. The lowest BCUT2D eigenvalue weighted by atomic mass is 9.92. The first-order chi connectivity index (χ1) is 10.3. The summed E-state index contributed by atoms with van der Waals surface area (Å²) in [6.07, 6.45) is 0. The first-order valence-electron chi connectivity index (χ1n) is 6.76. The second-order valence-electron chi connectivity index (χ2n) is 4.62. The van der Waals surface area contributed by atoms with Gasteiger partial charge in [-0.05, 0) is 23.8 Å². The molecular formula is C19H14O2. The fourth-order valence-electron chi connectivity index (χ4n) is 1.96. The molecule has 0 N–H and O–H groups in total. The minimum Gasteiger partial charge on any atom is -0.422 e. The molecule has 0 radical (unpaired) electrons. The van der Waals surface area contributed by atoms with E-state index in [9.17, 15) is 4.79 Å². The average Bonchev–Trinajstić information content (AvgIpc) is 2.55. The van der Waals surface area contributed by atoms with E-state index in [1.165, 1.54) is 5.56 Å². The van der Waals surface area contributed by atoms with Gasteiger partial charge in [0.1, 0.15) is 5.75 Å². The fraction of sp³-hybridized carbons (Fsp3) is 0. The first-order valence-corrected chi connectivity index (χ1v) is 6.76. The highest BCUT2D eigenvalue weighted by Crippen LogP contribution is 2.43. The Bertz CT molecular complexity index is 707. The van der Waals surface area contributed by atoms with Gasteiger partial charge in [0, 0.05) is 5.56 Å². The van der Waals surface area contributed by atoms with Crippen LogP contribution >= 0.6 is 0 Å². The average molecular weight is 274 g/mol. The van der Waals surface area contributed by atoms with Gasteiger partial charge in [-0.25, -0.2) is 4.79 Å². The van der Waals surface area contributed by atoms with Crippen molar-refractivity contribution in [1.82, 2.24) is 0 Å². The normalized spacial score (nSPS) is 10.1. The number of fused-ring (bicyclic) bond motifs is 1. The van der Waals surface area contributed by atoms with Crippen molar-refractivity contribution in [3.05, 3.63) is 90.5 Å². The molecule has 0 amide bonds. The number of esters is 1. The molecule has 102 valence electrons. The molecule has 2 aliphatic carbocycles. The van der Waals surface area contributed by atoms with Crippen LogP contribution in [-0.4, -0.2) is 5.97 Å². The zero-order valence-electron chi connectivity index (χ0n) is 11.4. The van der Waals surface area contributed by atoms with Crippen LogP contribution in [0.1, 0.15) is 10.4 Å². The Morgan fingerprint density at radius 2 is 1.29 bits per heavy atom. The van der Waals surface area contributed by atoms with Gasteiger partial charge < -0.3 is 4.74 Å². The highest BCUT2D eigenvalue weighted by molar-refractivity contribution is 5.94. The van der Waals surface area contributed by atoms with E-state index in [2.05, 4.69) is 0 Å². The molecule has 0 spiro atoms. The lowest BCUT2D eigenvalue weighted by Crippen LogP contribution is -2.11. The summed E-state index contributed by atoms with van der Waals surface area (Å²) in [6.45, 7) is 0. The molecule has 2 aliphatic rings. The van der Waals surface area contributed by atoms with E-state index in [4.69, 9.17) is 4.74 Å². The van der Waals surface area contributed by atoms with Gasteiger partial charge in [0.2, 0.25) is 0 Å². The second kappa shape index (κ2) is 6.06. The standard InChI is InChI=1S/C13H8O2.C6H6/c14-13(9-4-2-1-3-5-9)15-12-8-10-6-7-11(10)12;1-2-4-6-5-3-1/h1-8H;1-6H. The molecule has 0 saturated carbocycles. The smallest absolute Gasteiger partial charge is 0.343 e. The molecule has 0 saturated heterocycles. The third kappa shape index (κ3) is 3.00. The van der Waals surface area contributed by atoms with Crippen LogP contribution in [0.4, 0.5) is 0 Å². The van der Waals surface area contributed by atoms with Crippen LogP contribution in [-0.2, 0) is 0 Å². The van der Waals surface area contributed by atoms with Crippen molar-refractivity contribution in [3.8, 4) is 16.9 Å². The van der Waals surface area contributed by atoms with Crippen LogP contribution in [0.25, 0.3) is 11.1 Å². The lowest BCUT2D eigenvalue weighted by Gasteiger charge is -2.19. The molecule has 2 nitrogen and oxygen atoms in total. The van der Waals surface area contributed by atoms with Crippen molar-refractivity contribution in [1.29, 1.82) is 0 Å². The summed E-state index contributed by atoms with van der Waals surface area (Å²) in [4.78, 5) is 11.6. The number of carbonyl (C=O) groups excluding carboxylic acids is 1. The predicted molar refractivity (Wildman–Crippen MR) is 83.3 cm³/mol. The van der Waals surface area contributed by atoms with Gasteiger partial charge in [-0.15, -0.1) is 0 Å². The van der Waals surface area contributed by atoms with Crippen molar-refractivity contribution < 1.29 is 9.53 Å². The van der Waals surface area contributed by atoms with Crippen LogP contribution in [0.2, 0.25) is 0 Å². The topological polar surface area (TPSA) is 26.3 Å². The van der Waals surface area contributed by atoms with Gasteiger partial charge in [-0.1, -0.05) is 66.7 Å². The van der Waals surface area contributed by atoms with Crippen LogP contribution in [0, 0.1) is 0 Å². The van der Waals surface area contributed by atoms with Gasteiger partial charge in [-0.3, -0.25) is 0 Å². The van der Waals surface area contributed by atoms with Gasteiger partial charge in [0.25, 0.3) is 0 Å². The molecule has 2 aromatic carbocycles. The second-order valence-corrected chi connectivity index (χ2v) is 4.62. The maximum atomic E-state index is 11.6. The van der Waals surface area contributed by atoms with E-state index in [0.29, 0.717) is 11.3 Å². The van der Waals surface area contributed by atoms with Crippen LogP contribution in [0.5, 0.6) is 5.75 Å². The Labute approximate surface area is 123 Å². The van der Waals surface area contributed by atoms with E-state index in [1.54, 1.807) is 12.1 Å². The number of hydrogen-bond donors (Lipinski definition) is 0. The molecule has 0 bridgehead atoms. The minimum absolute atomic E-state index is 0.297. The summed E-state index contributed by atoms with van der Waals surface area (Å²) < 4.78 is 5.22. The number of carbonyl (C=O) groups is 1. The largest absolute Gasteiger partial charge is 0.422 e.